The zero-order valence-corrected chi connectivity index (χ0v) is 8.40. The van der Waals surface area contributed by atoms with Crippen LogP contribution in [0.2, 0.25) is 0 Å². The molecule has 0 unspecified atom stereocenters. The Labute approximate surface area is 89.7 Å². The lowest BCUT2D eigenvalue weighted by atomic mass is 10.2. The highest BCUT2D eigenvalue weighted by molar-refractivity contribution is 7.99. The molecule has 0 fully saturated rings. The Morgan fingerprint density at radius 2 is 2.20 bits per heavy atom. The van der Waals surface area contributed by atoms with E-state index >= 15 is 0 Å². The fraction of sp³-hybridized carbons (Fsp3) is 0. The molecule has 0 saturated heterocycles. The molecule has 0 aliphatic heterocycles. The maximum atomic E-state index is 11.1. The predicted molar refractivity (Wildman–Crippen MR) is 53.4 cm³/mol. The van der Waals surface area contributed by atoms with Crippen LogP contribution in [0.3, 0.4) is 0 Å². The van der Waals surface area contributed by atoms with Gasteiger partial charge in [0.2, 0.25) is 12.3 Å². The molecule has 0 aliphatic carbocycles. The number of nitrogens with zero attached hydrogens (tertiary/aromatic N) is 2. The predicted octanol–water partition coefficient (Wildman–Crippen LogP) is 1.32. The Hall–Kier alpha value is -1.82. The topological polar surface area (TPSA) is 82.0 Å². The molecule has 0 radical (unpaired) electrons. The van der Waals surface area contributed by atoms with E-state index in [0.29, 0.717) is 15.7 Å². The summed E-state index contributed by atoms with van der Waals surface area (Å²) in [6, 6.07) is 6.99. The Kier molecular flexibility index (Phi) is 2.68. The molecule has 5 nitrogen and oxygen atoms in total. The number of aromatic nitrogens is 2. The first kappa shape index (κ1) is 9.72. The lowest BCUT2D eigenvalue weighted by molar-refractivity contribution is 0.0997. The van der Waals surface area contributed by atoms with Crippen molar-refractivity contribution in [3.8, 4) is 0 Å². The van der Waals surface area contributed by atoms with Crippen LogP contribution < -0.4 is 5.73 Å². The van der Waals surface area contributed by atoms with Gasteiger partial charge in [-0.2, -0.15) is 0 Å². The number of nitrogens with two attached hydrogens (primary N) is 1. The van der Waals surface area contributed by atoms with Crippen molar-refractivity contribution in [3.63, 3.8) is 0 Å². The number of primary amides is 1. The highest BCUT2D eigenvalue weighted by Crippen LogP contribution is 2.28. The van der Waals surface area contributed by atoms with E-state index in [9.17, 15) is 4.79 Å². The number of rotatable bonds is 3. The standard InChI is InChI=1S/C9H7N3O2S/c10-8(13)6-3-1-2-4-7(6)15-9-12-11-5-14-9/h1-5H,(H2,10,13). The first-order valence-corrected chi connectivity index (χ1v) is 4.92. The Morgan fingerprint density at radius 1 is 1.40 bits per heavy atom. The van der Waals surface area contributed by atoms with Gasteiger partial charge in [-0.05, 0) is 23.9 Å². The van der Waals surface area contributed by atoms with Crippen LogP contribution in [0.4, 0.5) is 0 Å². The van der Waals surface area contributed by atoms with Crippen LogP contribution in [0.1, 0.15) is 10.4 Å². The summed E-state index contributed by atoms with van der Waals surface area (Å²) in [7, 11) is 0. The molecule has 76 valence electrons. The summed E-state index contributed by atoms with van der Waals surface area (Å²) >= 11 is 1.21. The molecule has 0 aliphatic rings. The van der Waals surface area contributed by atoms with Gasteiger partial charge in [-0.15, -0.1) is 10.2 Å². The van der Waals surface area contributed by atoms with Gasteiger partial charge in [0.05, 0.1) is 5.56 Å². The van der Waals surface area contributed by atoms with Crippen LogP contribution in [0.25, 0.3) is 0 Å². The van der Waals surface area contributed by atoms with E-state index < -0.39 is 5.91 Å². The molecule has 15 heavy (non-hydrogen) atoms. The van der Waals surface area contributed by atoms with E-state index in [2.05, 4.69) is 10.2 Å². The van der Waals surface area contributed by atoms with Gasteiger partial charge in [-0.3, -0.25) is 4.79 Å². The van der Waals surface area contributed by atoms with Crippen molar-refractivity contribution >= 4 is 17.7 Å². The van der Waals surface area contributed by atoms with Crippen molar-refractivity contribution in [3.05, 3.63) is 36.2 Å². The van der Waals surface area contributed by atoms with Gasteiger partial charge in [0.15, 0.2) is 0 Å². The zero-order valence-electron chi connectivity index (χ0n) is 7.58. The number of carbonyl (C=O) groups is 1. The van der Waals surface area contributed by atoms with Gasteiger partial charge in [0.1, 0.15) is 0 Å². The monoisotopic (exact) mass is 221 g/mol. The highest BCUT2D eigenvalue weighted by atomic mass is 32.2. The molecule has 1 amide bonds. The summed E-state index contributed by atoms with van der Waals surface area (Å²) in [6.07, 6.45) is 1.23. The molecule has 2 N–H and O–H groups in total. The Bertz CT molecular complexity index is 470. The molecule has 2 aromatic rings. The van der Waals surface area contributed by atoms with Gasteiger partial charge in [-0.25, -0.2) is 0 Å². The van der Waals surface area contributed by atoms with Gasteiger partial charge in [0.25, 0.3) is 5.22 Å². The fourth-order valence-corrected chi connectivity index (χ4v) is 1.85. The van der Waals surface area contributed by atoms with Gasteiger partial charge < -0.3 is 10.2 Å². The third-order valence-corrected chi connectivity index (χ3v) is 2.62. The third kappa shape index (κ3) is 2.16. The minimum Gasteiger partial charge on any atom is -0.419 e. The molecular formula is C9H7N3O2S. The maximum Gasteiger partial charge on any atom is 0.281 e. The molecule has 1 aromatic carbocycles. The zero-order chi connectivity index (χ0) is 10.7. The minimum absolute atomic E-state index is 0.378. The summed E-state index contributed by atoms with van der Waals surface area (Å²) in [4.78, 5) is 11.8. The lowest BCUT2D eigenvalue weighted by Gasteiger charge is -2.01. The van der Waals surface area contributed by atoms with E-state index in [4.69, 9.17) is 10.2 Å². The number of carbonyl (C=O) groups excluding carboxylic acids is 1. The van der Waals surface area contributed by atoms with Crippen molar-refractivity contribution < 1.29 is 9.21 Å². The quantitative estimate of drug-likeness (QED) is 0.845. The van der Waals surface area contributed by atoms with E-state index in [0.717, 1.165) is 0 Å². The second-order valence-corrected chi connectivity index (χ2v) is 3.66. The minimum atomic E-state index is -0.474. The Balaban J connectivity index is 2.32. The fourth-order valence-electron chi connectivity index (χ4n) is 1.06. The van der Waals surface area contributed by atoms with E-state index in [1.165, 1.54) is 18.2 Å². The molecule has 1 aromatic heterocycles. The van der Waals surface area contributed by atoms with Crippen LogP contribution in [-0.4, -0.2) is 16.1 Å². The molecule has 0 saturated carbocycles. The molecule has 1 heterocycles. The molecule has 0 bridgehead atoms. The number of amides is 1. The third-order valence-electron chi connectivity index (χ3n) is 1.69. The average molecular weight is 221 g/mol. The summed E-state index contributed by atoms with van der Waals surface area (Å²) < 4.78 is 4.96. The van der Waals surface area contributed by atoms with Gasteiger partial charge >= 0.3 is 0 Å². The molecule has 2 rings (SSSR count). The smallest absolute Gasteiger partial charge is 0.281 e. The van der Waals surface area contributed by atoms with E-state index in [-0.39, 0.29) is 0 Å². The lowest BCUT2D eigenvalue weighted by Crippen LogP contribution is -2.11. The summed E-state index contributed by atoms with van der Waals surface area (Å²) in [5.74, 6) is -0.474. The summed E-state index contributed by atoms with van der Waals surface area (Å²) in [5, 5.41) is 7.62. The average Bonchev–Trinajstić information content (AvgIpc) is 2.71. The van der Waals surface area contributed by atoms with E-state index in [1.54, 1.807) is 18.2 Å². The number of hydrogen-bond donors (Lipinski definition) is 1. The normalized spacial score (nSPS) is 10.1. The number of hydrogen-bond acceptors (Lipinski definition) is 5. The Morgan fingerprint density at radius 3 is 2.87 bits per heavy atom. The van der Waals surface area contributed by atoms with Crippen LogP contribution in [0, 0.1) is 0 Å². The molecule has 6 heteroatoms. The summed E-state index contributed by atoms with van der Waals surface area (Å²) in [5.41, 5.74) is 5.67. The van der Waals surface area contributed by atoms with Crippen molar-refractivity contribution in [2.24, 2.45) is 5.73 Å². The summed E-state index contributed by atoms with van der Waals surface area (Å²) in [6.45, 7) is 0. The van der Waals surface area contributed by atoms with Crippen LogP contribution in [-0.2, 0) is 0 Å². The SMILES string of the molecule is NC(=O)c1ccccc1Sc1nnco1. The van der Waals surface area contributed by atoms with Crippen molar-refractivity contribution in [2.45, 2.75) is 10.1 Å². The first-order valence-electron chi connectivity index (χ1n) is 4.10. The molecule has 0 spiro atoms. The molecular weight excluding hydrogens is 214 g/mol. The van der Waals surface area contributed by atoms with Crippen LogP contribution in [0.15, 0.2) is 45.2 Å². The highest BCUT2D eigenvalue weighted by Gasteiger charge is 2.10. The maximum absolute atomic E-state index is 11.1. The van der Waals surface area contributed by atoms with Crippen LogP contribution in [0.5, 0.6) is 0 Å². The van der Waals surface area contributed by atoms with Crippen molar-refractivity contribution in [1.82, 2.24) is 10.2 Å². The van der Waals surface area contributed by atoms with Gasteiger partial charge in [-0.1, -0.05) is 12.1 Å². The first-order chi connectivity index (χ1) is 7.27. The largest absolute Gasteiger partial charge is 0.419 e. The second-order valence-electron chi connectivity index (χ2n) is 2.67. The van der Waals surface area contributed by atoms with Crippen molar-refractivity contribution in [2.75, 3.05) is 0 Å². The second kappa shape index (κ2) is 4.14. The van der Waals surface area contributed by atoms with E-state index in [1.807, 2.05) is 6.07 Å². The van der Waals surface area contributed by atoms with Gasteiger partial charge in [0, 0.05) is 4.90 Å². The molecule has 0 atom stereocenters. The number of benzene rings is 1. The van der Waals surface area contributed by atoms with Crippen molar-refractivity contribution in [1.29, 1.82) is 0 Å². The van der Waals surface area contributed by atoms with Crippen LogP contribution >= 0.6 is 11.8 Å².